The van der Waals surface area contributed by atoms with E-state index >= 15 is 0 Å². The van der Waals surface area contributed by atoms with Crippen molar-refractivity contribution in [3.63, 3.8) is 0 Å². The van der Waals surface area contributed by atoms with Crippen molar-refractivity contribution in [1.29, 1.82) is 0 Å². The number of benzene rings is 2. The van der Waals surface area contributed by atoms with Gasteiger partial charge in [-0.05, 0) is 35.1 Å². The first-order chi connectivity index (χ1) is 14.3. The lowest BCUT2D eigenvalue weighted by atomic mass is 9.93. The molecule has 8 nitrogen and oxygen atoms in total. The van der Waals surface area contributed by atoms with Crippen LogP contribution in [0.1, 0.15) is 25.3 Å². The Morgan fingerprint density at radius 1 is 1.30 bits per heavy atom. The van der Waals surface area contributed by atoms with Crippen molar-refractivity contribution in [1.82, 2.24) is 4.90 Å². The van der Waals surface area contributed by atoms with Gasteiger partial charge in [-0.15, -0.1) is 0 Å². The maximum Gasteiger partial charge on any atom is 0.476 e. The molecule has 2 aliphatic rings. The zero-order valence-corrected chi connectivity index (χ0v) is 17.8. The monoisotopic (exact) mass is 434 g/mol. The SMILES string of the molecule is CCC(N)C(=O)OCOP(=O)(O)OCN1C[C@H]2C[C@@]2(c2ccc3ccccc3c2)C1. The number of phosphoric ester groups is 1. The molecule has 2 aromatic carbocycles. The van der Waals surface area contributed by atoms with Gasteiger partial charge in [0.15, 0.2) is 0 Å². The zero-order chi connectivity index (χ0) is 21.4. The lowest BCUT2D eigenvalue weighted by Crippen LogP contribution is -2.32. The standard InChI is InChI=1S/C21H27N2O6P/c1-2-19(22)20(24)27-14-29-30(25,26)28-13-23-11-18-10-21(18,12-23)17-8-7-15-5-3-4-6-16(15)9-17/h3-9,18-19H,2,10-14,22H2,1H3,(H,25,26)/t18-,19?,21+/m1/s1. The van der Waals surface area contributed by atoms with Crippen molar-refractivity contribution in [2.75, 3.05) is 26.6 Å². The molecule has 0 radical (unpaired) electrons. The number of carbonyl (C=O) groups is 1. The Kier molecular flexibility index (Phi) is 5.99. The molecule has 4 rings (SSSR count). The van der Waals surface area contributed by atoms with Crippen LogP contribution in [0.2, 0.25) is 0 Å². The molecule has 2 aromatic rings. The summed E-state index contributed by atoms with van der Waals surface area (Å²) in [6.45, 7) is 2.59. The fourth-order valence-electron chi connectivity index (χ4n) is 4.25. The third-order valence-corrected chi connectivity index (χ3v) is 6.98. The first-order valence-corrected chi connectivity index (χ1v) is 11.6. The highest BCUT2D eigenvalue weighted by molar-refractivity contribution is 7.47. The van der Waals surface area contributed by atoms with Crippen molar-refractivity contribution in [3.05, 3.63) is 48.0 Å². The maximum atomic E-state index is 12.0. The number of carbonyl (C=O) groups excluding carboxylic acids is 1. The van der Waals surface area contributed by atoms with E-state index in [4.69, 9.17) is 19.5 Å². The molecule has 2 unspecified atom stereocenters. The Bertz CT molecular complexity index is 985. The average Bonchev–Trinajstić information content (AvgIpc) is 3.32. The Morgan fingerprint density at radius 2 is 2.07 bits per heavy atom. The molecule has 4 atom stereocenters. The van der Waals surface area contributed by atoms with E-state index < -0.39 is 26.6 Å². The van der Waals surface area contributed by atoms with Gasteiger partial charge in [0.25, 0.3) is 0 Å². The molecule has 30 heavy (non-hydrogen) atoms. The summed E-state index contributed by atoms with van der Waals surface area (Å²) in [5.74, 6) is -0.174. The zero-order valence-electron chi connectivity index (χ0n) is 16.9. The number of nitrogens with two attached hydrogens (primary N) is 1. The summed E-state index contributed by atoms with van der Waals surface area (Å²) in [7, 11) is -4.33. The molecule has 9 heteroatoms. The smallest absolute Gasteiger partial charge is 0.437 e. The molecule has 1 aliphatic carbocycles. The van der Waals surface area contributed by atoms with E-state index in [-0.39, 0.29) is 12.1 Å². The summed E-state index contributed by atoms with van der Waals surface area (Å²) < 4.78 is 26.6. The normalized spacial score (nSPS) is 26.2. The quantitative estimate of drug-likeness (QED) is 0.352. The van der Waals surface area contributed by atoms with Crippen LogP contribution in [0.15, 0.2) is 42.5 Å². The van der Waals surface area contributed by atoms with E-state index in [0.717, 1.165) is 19.5 Å². The third-order valence-electron chi connectivity index (χ3n) is 6.10. The largest absolute Gasteiger partial charge is 0.476 e. The molecule has 0 amide bonds. The van der Waals surface area contributed by atoms with E-state index in [1.807, 2.05) is 17.0 Å². The number of ether oxygens (including phenoxy) is 1. The molecule has 0 aromatic heterocycles. The Balaban J connectivity index is 1.29. The van der Waals surface area contributed by atoms with Crippen LogP contribution in [0.3, 0.4) is 0 Å². The molecule has 0 spiro atoms. The second-order valence-electron chi connectivity index (χ2n) is 8.08. The van der Waals surface area contributed by atoms with Gasteiger partial charge in [-0.3, -0.25) is 14.2 Å². The van der Waals surface area contributed by atoms with Gasteiger partial charge in [-0.25, -0.2) is 9.09 Å². The number of piperidine rings is 1. The van der Waals surface area contributed by atoms with Crippen LogP contribution in [0, 0.1) is 5.92 Å². The molecule has 162 valence electrons. The van der Waals surface area contributed by atoms with Crippen molar-refractivity contribution in [3.8, 4) is 0 Å². The van der Waals surface area contributed by atoms with Gasteiger partial charge < -0.3 is 15.4 Å². The molecule has 3 N–H and O–H groups in total. The Hall–Kier alpha value is -1.80. The van der Waals surface area contributed by atoms with E-state index in [0.29, 0.717) is 12.3 Å². The minimum atomic E-state index is -4.33. The molecule has 1 saturated heterocycles. The summed E-state index contributed by atoms with van der Waals surface area (Å²) in [5.41, 5.74) is 6.90. The molecule has 1 heterocycles. The Labute approximate surface area is 175 Å². The van der Waals surface area contributed by atoms with Crippen molar-refractivity contribution < 1.29 is 28.0 Å². The third kappa shape index (κ3) is 4.44. The first-order valence-electron chi connectivity index (χ1n) is 10.1. The Morgan fingerprint density at radius 3 is 2.83 bits per heavy atom. The van der Waals surface area contributed by atoms with Gasteiger partial charge in [0.1, 0.15) is 12.8 Å². The summed E-state index contributed by atoms with van der Waals surface area (Å²) in [6.07, 6.45) is 1.52. The number of nitrogens with zero attached hydrogens (tertiary/aromatic N) is 1. The molecular weight excluding hydrogens is 407 g/mol. The van der Waals surface area contributed by atoms with Crippen LogP contribution in [-0.2, 0) is 28.6 Å². The van der Waals surface area contributed by atoms with Crippen LogP contribution in [0.4, 0.5) is 0 Å². The van der Waals surface area contributed by atoms with E-state index in [1.54, 1.807) is 6.92 Å². The number of esters is 1. The lowest BCUT2D eigenvalue weighted by Gasteiger charge is -2.22. The van der Waals surface area contributed by atoms with Crippen molar-refractivity contribution in [2.45, 2.75) is 31.2 Å². The summed E-state index contributed by atoms with van der Waals surface area (Å²) in [6, 6.07) is 14.1. The topological polar surface area (TPSA) is 111 Å². The molecular formula is C21H27N2O6P. The number of phosphoric acid groups is 1. The summed E-state index contributed by atoms with van der Waals surface area (Å²) in [4.78, 5) is 23.3. The van der Waals surface area contributed by atoms with Crippen molar-refractivity contribution >= 4 is 24.6 Å². The van der Waals surface area contributed by atoms with Crippen LogP contribution in [-0.4, -0.2) is 48.4 Å². The van der Waals surface area contributed by atoms with E-state index in [1.165, 1.54) is 16.3 Å². The van der Waals surface area contributed by atoms with Crippen LogP contribution in [0.25, 0.3) is 10.8 Å². The van der Waals surface area contributed by atoms with Crippen LogP contribution in [0.5, 0.6) is 0 Å². The maximum absolute atomic E-state index is 12.0. The highest BCUT2D eigenvalue weighted by atomic mass is 31.2. The predicted octanol–water partition coefficient (Wildman–Crippen LogP) is 2.74. The number of hydrogen-bond donors (Lipinski definition) is 2. The van der Waals surface area contributed by atoms with E-state index in [9.17, 15) is 14.3 Å². The van der Waals surface area contributed by atoms with Gasteiger partial charge in [-0.1, -0.05) is 49.4 Å². The second kappa shape index (κ2) is 8.38. The van der Waals surface area contributed by atoms with Gasteiger partial charge in [0.2, 0.25) is 6.79 Å². The van der Waals surface area contributed by atoms with Crippen LogP contribution < -0.4 is 5.73 Å². The minimum absolute atomic E-state index is 0.0258. The second-order valence-corrected chi connectivity index (χ2v) is 9.54. The van der Waals surface area contributed by atoms with Gasteiger partial charge in [0, 0.05) is 18.5 Å². The van der Waals surface area contributed by atoms with Crippen LogP contribution >= 0.6 is 7.82 Å². The number of likely N-dealkylation sites (tertiary alicyclic amines) is 1. The van der Waals surface area contributed by atoms with Gasteiger partial charge in [-0.2, -0.15) is 0 Å². The number of hydrogen-bond acceptors (Lipinski definition) is 7. The summed E-state index contributed by atoms with van der Waals surface area (Å²) in [5, 5.41) is 2.43. The number of rotatable bonds is 9. The lowest BCUT2D eigenvalue weighted by molar-refractivity contribution is -0.152. The predicted molar refractivity (Wildman–Crippen MR) is 111 cm³/mol. The molecule has 1 saturated carbocycles. The molecule has 2 fully saturated rings. The highest BCUT2D eigenvalue weighted by Gasteiger charge is 2.60. The first kappa shape index (κ1) is 21.4. The fourth-order valence-corrected chi connectivity index (χ4v) is 4.82. The van der Waals surface area contributed by atoms with Gasteiger partial charge >= 0.3 is 13.8 Å². The minimum Gasteiger partial charge on any atom is -0.437 e. The van der Waals surface area contributed by atoms with Gasteiger partial charge in [0.05, 0.1) is 0 Å². The molecule has 0 bridgehead atoms. The van der Waals surface area contributed by atoms with Crippen molar-refractivity contribution in [2.24, 2.45) is 11.7 Å². The highest BCUT2D eigenvalue weighted by Crippen LogP contribution is 2.59. The fraction of sp³-hybridized carbons (Fsp3) is 0.476. The van der Waals surface area contributed by atoms with E-state index in [2.05, 4.69) is 30.3 Å². The average molecular weight is 434 g/mol. The number of fused-ring (bicyclic) bond motifs is 2. The molecule has 1 aliphatic heterocycles. The summed E-state index contributed by atoms with van der Waals surface area (Å²) >= 11 is 0.